The normalized spacial score (nSPS) is 24.5. The fraction of sp³-hybridized carbons (Fsp3) is 1.00. The molecule has 1 heterocycles. The van der Waals surface area contributed by atoms with Crippen molar-refractivity contribution in [2.24, 2.45) is 17.7 Å². The Morgan fingerprint density at radius 1 is 1.50 bits per heavy atom. The third-order valence-electron chi connectivity index (χ3n) is 3.94. The Balaban J connectivity index is 2.48. The van der Waals surface area contributed by atoms with Gasteiger partial charge in [-0.1, -0.05) is 6.92 Å². The van der Waals surface area contributed by atoms with Gasteiger partial charge in [-0.15, -0.1) is 0 Å². The molecule has 6 nitrogen and oxygen atoms in total. The Kier molecular flexibility index (Phi) is 7.39. The predicted octanol–water partition coefficient (Wildman–Crippen LogP) is 0.553. The summed E-state index contributed by atoms with van der Waals surface area (Å²) in [5.74, 6) is 6.46. The SMILES string of the molecule is COCC(C)CC(CC1CCCN(S(C)(=O)=O)C1)NN. The maximum absolute atomic E-state index is 11.6. The van der Waals surface area contributed by atoms with Crippen LogP contribution < -0.4 is 11.3 Å². The monoisotopic (exact) mass is 307 g/mol. The lowest BCUT2D eigenvalue weighted by molar-refractivity contribution is 0.143. The van der Waals surface area contributed by atoms with Gasteiger partial charge in [-0.3, -0.25) is 11.3 Å². The summed E-state index contributed by atoms with van der Waals surface area (Å²) < 4.78 is 30.0. The third kappa shape index (κ3) is 6.05. The number of hydrogen-bond acceptors (Lipinski definition) is 5. The lowest BCUT2D eigenvalue weighted by atomic mass is 9.89. The van der Waals surface area contributed by atoms with Crippen molar-refractivity contribution in [3.63, 3.8) is 0 Å². The van der Waals surface area contributed by atoms with Gasteiger partial charge in [0, 0.05) is 32.8 Å². The van der Waals surface area contributed by atoms with Crippen LogP contribution in [-0.4, -0.2) is 51.8 Å². The first kappa shape index (κ1) is 17.8. The Bertz CT molecular complexity index is 375. The molecular weight excluding hydrogens is 278 g/mol. The van der Waals surface area contributed by atoms with Gasteiger partial charge in [-0.25, -0.2) is 12.7 Å². The summed E-state index contributed by atoms with van der Waals surface area (Å²) in [5, 5.41) is 0. The minimum atomic E-state index is -3.07. The number of hydrogen-bond donors (Lipinski definition) is 2. The van der Waals surface area contributed by atoms with Gasteiger partial charge in [0.2, 0.25) is 10.0 Å². The van der Waals surface area contributed by atoms with Gasteiger partial charge in [0.25, 0.3) is 0 Å². The Morgan fingerprint density at radius 2 is 2.20 bits per heavy atom. The lowest BCUT2D eigenvalue weighted by Gasteiger charge is -2.33. The zero-order valence-corrected chi connectivity index (χ0v) is 13.7. The van der Waals surface area contributed by atoms with Gasteiger partial charge in [0.1, 0.15) is 0 Å². The van der Waals surface area contributed by atoms with E-state index in [1.165, 1.54) is 6.26 Å². The zero-order valence-electron chi connectivity index (χ0n) is 12.8. The van der Waals surface area contributed by atoms with Crippen molar-refractivity contribution >= 4 is 10.0 Å². The van der Waals surface area contributed by atoms with Crippen molar-refractivity contribution in [2.75, 3.05) is 33.1 Å². The van der Waals surface area contributed by atoms with Crippen molar-refractivity contribution in [3.05, 3.63) is 0 Å². The Morgan fingerprint density at radius 3 is 2.75 bits per heavy atom. The predicted molar refractivity (Wildman–Crippen MR) is 80.5 cm³/mol. The van der Waals surface area contributed by atoms with E-state index in [1.54, 1.807) is 11.4 Å². The molecule has 0 aliphatic carbocycles. The van der Waals surface area contributed by atoms with E-state index in [0.717, 1.165) is 32.3 Å². The molecule has 0 spiro atoms. The largest absolute Gasteiger partial charge is 0.384 e. The van der Waals surface area contributed by atoms with Gasteiger partial charge in [0.15, 0.2) is 0 Å². The van der Waals surface area contributed by atoms with Crippen LogP contribution in [0.3, 0.4) is 0 Å². The highest BCUT2D eigenvalue weighted by Crippen LogP contribution is 2.24. The van der Waals surface area contributed by atoms with Crippen molar-refractivity contribution in [3.8, 4) is 0 Å². The third-order valence-corrected chi connectivity index (χ3v) is 5.21. The van der Waals surface area contributed by atoms with E-state index < -0.39 is 10.0 Å². The standard InChI is InChI=1S/C13H29N3O3S/c1-11(10-19-2)7-13(15-14)8-12-5-4-6-16(9-12)20(3,17)18/h11-13,15H,4-10,14H2,1-3H3. The molecule has 0 aromatic heterocycles. The van der Waals surface area contributed by atoms with Crippen LogP contribution in [0.5, 0.6) is 0 Å². The highest BCUT2D eigenvalue weighted by molar-refractivity contribution is 7.88. The second kappa shape index (κ2) is 8.29. The average molecular weight is 307 g/mol. The highest BCUT2D eigenvalue weighted by Gasteiger charge is 2.27. The van der Waals surface area contributed by atoms with Crippen LogP contribution in [0.15, 0.2) is 0 Å². The molecule has 120 valence electrons. The smallest absolute Gasteiger partial charge is 0.211 e. The number of piperidine rings is 1. The van der Waals surface area contributed by atoms with Crippen molar-refractivity contribution in [1.82, 2.24) is 9.73 Å². The highest BCUT2D eigenvalue weighted by atomic mass is 32.2. The molecule has 0 aromatic rings. The topological polar surface area (TPSA) is 84.7 Å². The van der Waals surface area contributed by atoms with Crippen LogP contribution in [0.4, 0.5) is 0 Å². The molecule has 1 saturated heterocycles. The second-order valence-corrected chi connectivity index (χ2v) is 8.01. The van der Waals surface area contributed by atoms with E-state index >= 15 is 0 Å². The van der Waals surface area contributed by atoms with Crippen molar-refractivity contribution < 1.29 is 13.2 Å². The zero-order chi connectivity index (χ0) is 15.2. The van der Waals surface area contributed by atoms with Gasteiger partial charge >= 0.3 is 0 Å². The molecule has 0 amide bonds. The van der Waals surface area contributed by atoms with E-state index in [-0.39, 0.29) is 6.04 Å². The second-order valence-electron chi connectivity index (χ2n) is 6.02. The fourth-order valence-corrected chi connectivity index (χ4v) is 3.94. The Hall–Kier alpha value is -0.210. The van der Waals surface area contributed by atoms with E-state index in [1.807, 2.05) is 0 Å². The average Bonchev–Trinajstić information content (AvgIpc) is 2.37. The number of nitrogens with one attached hydrogen (secondary N) is 1. The minimum absolute atomic E-state index is 0.213. The molecule has 0 radical (unpaired) electrons. The summed E-state index contributed by atoms with van der Waals surface area (Å²) in [6.45, 7) is 4.13. The summed E-state index contributed by atoms with van der Waals surface area (Å²) in [5.41, 5.74) is 2.87. The summed E-state index contributed by atoms with van der Waals surface area (Å²) in [7, 11) is -1.37. The molecule has 1 aliphatic heterocycles. The number of nitrogens with zero attached hydrogens (tertiary/aromatic N) is 1. The van der Waals surface area contributed by atoms with Crippen molar-refractivity contribution in [1.29, 1.82) is 0 Å². The Labute approximate surface area is 123 Å². The molecular formula is C13H29N3O3S. The van der Waals surface area contributed by atoms with Crippen LogP contribution in [-0.2, 0) is 14.8 Å². The molecule has 1 aliphatic rings. The quantitative estimate of drug-likeness (QED) is 0.505. The number of sulfonamides is 1. The van der Waals surface area contributed by atoms with E-state index in [0.29, 0.717) is 24.9 Å². The summed E-state index contributed by atoms with van der Waals surface area (Å²) >= 11 is 0. The van der Waals surface area contributed by atoms with E-state index in [4.69, 9.17) is 10.6 Å². The van der Waals surface area contributed by atoms with Crippen molar-refractivity contribution in [2.45, 2.75) is 38.6 Å². The van der Waals surface area contributed by atoms with Crippen LogP contribution in [0.2, 0.25) is 0 Å². The number of rotatable bonds is 8. The number of methoxy groups -OCH3 is 1. The molecule has 0 saturated carbocycles. The van der Waals surface area contributed by atoms with Gasteiger partial charge in [-0.2, -0.15) is 0 Å². The van der Waals surface area contributed by atoms with Crippen LogP contribution in [0, 0.1) is 11.8 Å². The minimum Gasteiger partial charge on any atom is -0.384 e. The maximum Gasteiger partial charge on any atom is 0.211 e. The molecule has 3 N–H and O–H groups in total. The molecule has 0 bridgehead atoms. The van der Waals surface area contributed by atoms with E-state index in [2.05, 4.69) is 12.3 Å². The molecule has 20 heavy (non-hydrogen) atoms. The number of hydrazine groups is 1. The molecule has 1 rings (SSSR count). The van der Waals surface area contributed by atoms with Crippen LogP contribution >= 0.6 is 0 Å². The fourth-order valence-electron chi connectivity index (χ4n) is 2.99. The summed E-state index contributed by atoms with van der Waals surface area (Å²) in [6, 6.07) is 0.213. The molecule has 0 aromatic carbocycles. The summed E-state index contributed by atoms with van der Waals surface area (Å²) in [6.07, 6.45) is 5.15. The van der Waals surface area contributed by atoms with Gasteiger partial charge < -0.3 is 4.74 Å². The molecule has 3 unspecified atom stereocenters. The van der Waals surface area contributed by atoms with Crippen LogP contribution in [0.1, 0.15) is 32.6 Å². The van der Waals surface area contributed by atoms with Crippen LogP contribution in [0.25, 0.3) is 0 Å². The molecule has 7 heteroatoms. The van der Waals surface area contributed by atoms with E-state index in [9.17, 15) is 8.42 Å². The number of nitrogens with two attached hydrogens (primary N) is 1. The van der Waals surface area contributed by atoms with Gasteiger partial charge in [-0.05, 0) is 37.5 Å². The first-order valence-electron chi connectivity index (χ1n) is 7.27. The first-order valence-corrected chi connectivity index (χ1v) is 9.11. The lowest BCUT2D eigenvalue weighted by Crippen LogP contribution is -2.43. The molecule has 1 fully saturated rings. The first-order chi connectivity index (χ1) is 9.36. The maximum atomic E-state index is 11.6. The number of ether oxygens (including phenoxy) is 1. The molecule has 3 atom stereocenters. The van der Waals surface area contributed by atoms with Gasteiger partial charge in [0.05, 0.1) is 6.26 Å². The summed E-state index contributed by atoms with van der Waals surface area (Å²) in [4.78, 5) is 0.